The zero-order valence-corrected chi connectivity index (χ0v) is 24.9. The van der Waals surface area contributed by atoms with Crippen LogP contribution >= 0.6 is 0 Å². The van der Waals surface area contributed by atoms with Crippen LogP contribution in [0.4, 0.5) is 4.39 Å². The predicted molar refractivity (Wildman–Crippen MR) is 157 cm³/mol. The smallest absolute Gasteiger partial charge is 0.309 e. The minimum absolute atomic E-state index is 0.0663. The summed E-state index contributed by atoms with van der Waals surface area (Å²) in [7, 11) is -3.02. The Hall–Kier alpha value is -3.39. The molecule has 0 heterocycles. The third-order valence-corrected chi connectivity index (χ3v) is 8.98. The van der Waals surface area contributed by atoms with Crippen molar-refractivity contribution in [2.75, 3.05) is 25.2 Å². The maximum absolute atomic E-state index is 15.2. The molecule has 5 rings (SSSR count). The van der Waals surface area contributed by atoms with E-state index in [4.69, 9.17) is 14.2 Å². The Labute approximate surface area is 241 Å². The Morgan fingerprint density at radius 3 is 2.39 bits per heavy atom. The van der Waals surface area contributed by atoms with Gasteiger partial charge in [0.25, 0.3) is 0 Å². The number of sulfone groups is 1. The zero-order chi connectivity index (χ0) is 29.3. The number of hydrogen-bond donors (Lipinski definition) is 0. The van der Waals surface area contributed by atoms with Crippen molar-refractivity contribution in [3.05, 3.63) is 82.2 Å². The van der Waals surface area contributed by atoms with E-state index in [1.165, 1.54) is 12.3 Å². The number of carbonyl (C=O) groups is 1. The standard InChI is InChI=1S/C33H37FO6S/c1-5-38-33(35)28-19-27(28)22-7-9-23(10-8-22)40-30-14-12-26-25(11-13-29(34)32(26)30)31-20(2)17-24(18-21(31)3)39-15-6-16-41(4,36)37/h7-11,13,17-18,27-28,30H,5-6,12,14-16,19H2,1-4H3/t27-,28+,30+/m0/s1. The first-order valence-electron chi connectivity index (χ1n) is 14.2. The lowest BCUT2D eigenvalue weighted by atomic mass is 9.90. The van der Waals surface area contributed by atoms with E-state index < -0.39 is 9.84 Å². The fourth-order valence-corrected chi connectivity index (χ4v) is 6.64. The van der Waals surface area contributed by atoms with Gasteiger partial charge < -0.3 is 14.2 Å². The number of carbonyl (C=O) groups excluding carboxylic acids is 1. The van der Waals surface area contributed by atoms with Gasteiger partial charge in [-0.3, -0.25) is 4.79 Å². The average molecular weight is 581 g/mol. The third kappa shape index (κ3) is 6.58. The normalized spacial score (nSPS) is 19.5. The van der Waals surface area contributed by atoms with Crippen LogP contribution in [0.3, 0.4) is 0 Å². The second kappa shape index (κ2) is 11.8. The summed E-state index contributed by atoms with van der Waals surface area (Å²) in [6.07, 6.45) is 3.46. The lowest BCUT2D eigenvalue weighted by Crippen LogP contribution is -2.08. The average Bonchev–Trinajstić information content (AvgIpc) is 3.61. The number of esters is 1. The van der Waals surface area contributed by atoms with Crippen LogP contribution in [0, 0.1) is 25.6 Å². The first-order valence-corrected chi connectivity index (χ1v) is 16.3. The van der Waals surface area contributed by atoms with Gasteiger partial charge in [0.1, 0.15) is 33.3 Å². The highest BCUT2D eigenvalue weighted by Crippen LogP contribution is 2.49. The van der Waals surface area contributed by atoms with Gasteiger partial charge in [-0.05, 0) is 116 Å². The van der Waals surface area contributed by atoms with Gasteiger partial charge in [-0.1, -0.05) is 18.2 Å². The summed E-state index contributed by atoms with van der Waals surface area (Å²) in [4.78, 5) is 12.0. The number of benzene rings is 3. The molecule has 2 aliphatic rings. The van der Waals surface area contributed by atoms with Crippen molar-refractivity contribution in [2.45, 2.75) is 58.5 Å². The fraction of sp³-hybridized carbons (Fsp3) is 0.424. The molecule has 3 atom stereocenters. The summed E-state index contributed by atoms with van der Waals surface area (Å²) in [5.41, 5.74) is 6.74. The van der Waals surface area contributed by atoms with Crippen molar-refractivity contribution < 1.29 is 31.8 Å². The van der Waals surface area contributed by atoms with Gasteiger partial charge in [0, 0.05) is 11.8 Å². The summed E-state index contributed by atoms with van der Waals surface area (Å²) in [6.45, 7) is 6.56. The van der Waals surface area contributed by atoms with Gasteiger partial charge in [0.15, 0.2) is 0 Å². The molecule has 0 aromatic heterocycles. The highest BCUT2D eigenvalue weighted by molar-refractivity contribution is 7.90. The first-order chi connectivity index (χ1) is 19.6. The predicted octanol–water partition coefficient (Wildman–Crippen LogP) is 6.66. The maximum atomic E-state index is 15.2. The molecular weight excluding hydrogens is 543 g/mol. The number of aryl methyl sites for hydroxylation is 2. The van der Waals surface area contributed by atoms with Gasteiger partial charge in [0.2, 0.25) is 0 Å². The molecule has 0 unspecified atom stereocenters. The molecule has 218 valence electrons. The van der Waals surface area contributed by atoms with Gasteiger partial charge in [-0.25, -0.2) is 12.8 Å². The van der Waals surface area contributed by atoms with Crippen molar-refractivity contribution in [3.8, 4) is 22.6 Å². The molecule has 0 radical (unpaired) electrons. The molecule has 0 amide bonds. The summed E-state index contributed by atoms with van der Waals surface area (Å²) in [5.74, 6) is 1.18. The van der Waals surface area contributed by atoms with Crippen LogP contribution in [0.2, 0.25) is 0 Å². The van der Waals surface area contributed by atoms with Crippen LogP contribution in [0.25, 0.3) is 11.1 Å². The topological polar surface area (TPSA) is 78.9 Å². The van der Waals surface area contributed by atoms with E-state index in [0.717, 1.165) is 39.8 Å². The summed E-state index contributed by atoms with van der Waals surface area (Å²) >= 11 is 0. The molecule has 3 aromatic carbocycles. The van der Waals surface area contributed by atoms with Crippen LogP contribution in [0.5, 0.6) is 11.5 Å². The van der Waals surface area contributed by atoms with E-state index in [1.807, 2.05) is 63.2 Å². The maximum Gasteiger partial charge on any atom is 0.309 e. The second-order valence-corrected chi connectivity index (χ2v) is 13.4. The van der Waals surface area contributed by atoms with E-state index in [0.29, 0.717) is 49.5 Å². The zero-order valence-electron chi connectivity index (χ0n) is 24.0. The minimum atomic E-state index is -3.02. The Kier molecular flexibility index (Phi) is 8.41. The lowest BCUT2D eigenvalue weighted by molar-refractivity contribution is -0.144. The molecule has 3 aromatic rings. The molecule has 8 heteroatoms. The van der Waals surface area contributed by atoms with Gasteiger partial charge in [-0.2, -0.15) is 0 Å². The Balaban J connectivity index is 1.31. The van der Waals surface area contributed by atoms with Crippen LogP contribution < -0.4 is 9.47 Å². The van der Waals surface area contributed by atoms with Crippen molar-refractivity contribution in [2.24, 2.45) is 5.92 Å². The molecule has 0 spiro atoms. The highest BCUT2D eigenvalue weighted by Gasteiger charge is 2.45. The molecule has 1 fully saturated rings. The molecule has 41 heavy (non-hydrogen) atoms. The Morgan fingerprint density at radius 1 is 1.02 bits per heavy atom. The largest absolute Gasteiger partial charge is 0.494 e. The molecule has 0 saturated heterocycles. The van der Waals surface area contributed by atoms with Crippen molar-refractivity contribution in [1.29, 1.82) is 0 Å². The third-order valence-electron chi connectivity index (χ3n) is 7.95. The van der Waals surface area contributed by atoms with Gasteiger partial charge >= 0.3 is 5.97 Å². The van der Waals surface area contributed by atoms with Crippen LogP contribution in [-0.4, -0.2) is 39.6 Å². The fourth-order valence-electron chi connectivity index (χ4n) is 6.00. The molecular formula is C33H37FO6S. The highest BCUT2D eigenvalue weighted by atomic mass is 32.2. The Morgan fingerprint density at radius 2 is 1.73 bits per heavy atom. The number of fused-ring (bicyclic) bond motifs is 1. The summed E-state index contributed by atoms with van der Waals surface area (Å²) < 4.78 is 55.3. The first kappa shape index (κ1) is 29.1. The van der Waals surface area contributed by atoms with Crippen LogP contribution in [0.1, 0.15) is 66.0 Å². The summed E-state index contributed by atoms with van der Waals surface area (Å²) in [5, 5.41) is 0. The molecule has 0 aliphatic heterocycles. The lowest BCUT2D eigenvalue weighted by Gasteiger charge is -2.19. The molecule has 0 bridgehead atoms. The quantitative estimate of drug-likeness (QED) is 0.187. The van der Waals surface area contributed by atoms with Crippen LogP contribution in [-0.2, 0) is 25.8 Å². The van der Waals surface area contributed by atoms with E-state index in [9.17, 15) is 13.2 Å². The SMILES string of the molecule is CCOC(=O)[C@@H]1C[C@H]1c1ccc(O[C@@H]2CCc3c(-c4c(C)cc(OCCCS(C)(=O)=O)cc4C)ccc(F)c32)cc1. The van der Waals surface area contributed by atoms with E-state index in [2.05, 4.69) is 0 Å². The van der Waals surface area contributed by atoms with Crippen molar-refractivity contribution in [3.63, 3.8) is 0 Å². The Bertz CT molecular complexity index is 1520. The van der Waals surface area contributed by atoms with Crippen molar-refractivity contribution in [1.82, 2.24) is 0 Å². The number of halogens is 1. The molecule has 0 N–H and O–H groups in total. The number of hydrogen-bond acceptors (Lipinski definition) is 6. The monoisotopic (exact) mass is 580 g/mol. The number of ether oxygens (including phenoxy) is 3. The van der Waals surface area contributed by atoms with Gasteiger partial charge in [-0.15, -0.1) is 0 Å². The molecule has 6 nitrogen and oxygen atoms in total. The molecule has 1 saturated carbocycles. The molecule has 2 aliphatic carbocycles. The van der Waals surface area contributed by atoms with E-state index in [-0.39, 0.29) is 35.5 Å². The van der Waals surface area contributed by atoms with Gasteiger partial charge in [0.05, 0.1) is 24.9 Å². The second-order valence-electron chi connectivity index (χ2n) is 11.2. The summed E-state index contributed by atoms with van der Waals surface area (Å²) in [6, 6.07) is 15.1. The van der Waals surface area contributed by atoms with E-state index >= 15 is 4.39 Å². The number of rotatable bonds is 11. The van der Waals surface area contributed by atoms with Crippen molar-refractivity contribution >= 4 is 15.8 Å². The minimum Gasteiger partial charge on any atom is -0.494 e. The van der Waals surface area contributed by atoms with Crippen LogP contribution in [0.15, 0.2) is 48.5 Å². The van der Waals surface area contributed by atoms with E-state index in [1.54, 1.807) is 0 Å².